The Hall–Kier alpha value is -1.16. The second-order valence-corrected chi connectivity index (χ2v) is 3.99. The van der Waals surface area contributed by atoms with Crippen molar-refractivity contribution in [2.75, 3.05) is 18.1 Å². The lowest BCUT2D eigenvalue weighted by molar-refractivity contribution is 0.252. The number of anilines is 1. The molecule has 3 nitrogen and oxygen atoms in total. The molecule has 1 aromatic rings. The smallest absolute Gasteiger partial charge is 0.319 e. The minimum atomic E-state index is -0.143. The molecule has 0 radical (unpaired) electrons. The predicted molar refractivity (Wildman–Crippen MR) is 65.5 cm³/mol. The summed E-state index contributed by atoms with van der Waals surface area (Å²) in [5.74, 6) is 0. The standard InChI is InChI=1S/C11H16N2OS/c1-3-7-12-11(14)13-9-5-4-6-10(8-9)15-2/h4-6,8H,3,7H2,1-2H3,(H2,12,13,14). The molecule has 82 valence electrons. The first kappa shape index (κ1) is 11.9. The number of nitrogens with one attached hydrogen (secondary N) is 2. The third kappa shape index (κ3) is 4.25. The average Bonchev–Trinajstić information content (AvgIpc) is 2.26. The lowest BCUT2D eigenvalue weighted by Gasteiger charge is -2.07. The van der Waals surface area contributed by atoms with Crippen molar-refractivity contribution in [3.8, 4) is 0 Å². The van der Waals surface area contributed by atoms with Crippen LogP contribution in [0.1, 0.15) is 13.3 Å². The summed E-state index contributed by atoms with van der Waals surface area (Å²) in [4.78, 5) is 12.5. The zero-order valence-corrected chi connectivity index (χ0v) is 9.86. The number of carbonyl (C=O) groups is 1. The summed E-state index contributed by atoms with van der Waals surface area (Å²) in [7, 11) is 0. The highest BCUT2D eigenvalue weighted by molar-refractivity contribution is 7.98. The maximum Gasteiger partial charge on any atom is 0.319 e. The maximum atomic E-state index is 11.3. The van der Waals surface area contributed by atoms with Crippen molar-refractivity contribution < 1.29 is 4.79 Å². The van der Waals surface area contributed by atoms with Crippen LogP contribution in [0.25, 0.3) is 0 Å². The molecule has 0 unspecified atom stereocenters. The molecule has 0 bridgehead atoms. The molecule has 2 N–H and O–H groups in total. The Morgan fingerprint density at radius 2 is 2.27 bits per heavy atom. The fraction of sp³-hybridized carbons (Fsp3) is 0.364. The number of urea groups is 1. The van der Waals surface area contributed by atoms with Gasteiger partial charge in [-0.2, -0.15) is 0 Å². The van der Waals surface area contributed by atoms with Gasteiger partial charge in [0.1, 0.15) is 0 Å². The zero-order chi connectivity index (χ0) is 11.1. The van der Waals surface area contributed by atoms with Gasteiger partial charge in [0.25, 0.3) is 0 Å². The van der Waals surface area contributed by atoms with Crippen LogP contribution in [-0.2, 0) is 0 Å². The van der Waals surface area contributed by atoms with Crippen LogP contribution >= 0.6 is 11.8 Å². The van der Waals surface area contributed by atoms with E-state index in [2.05, 4.69) is 10.6 Å². The summed E-state index contributed by atoms with van der Waals surface area (Å²) >= 11 is 1.66. The van der Waals surface area contributed by atoms with Gasteiger partial charge < -0.3 is 10.6 Å². The van der Waals surface area contributed by atoms with E-state index >= 15 is 0 Å². The fourth-order valence-electron chi connectivity index (χ4n) is 1.11. The van der Waals surface area contributed by atoms with Crippen LogP contribution in [0.15, 0.2) is 29.2 Å². The molecule has 0 spiro atoms. The highest BCUT2D eigenvalue weighted by atomic mass is 32.2. The molecular formula is C11H16N2OS. The van der Waals surface area contributed by atoms with Crippen molar-refractivity contribution in [3.05, 3.63) is 24.3 Å². The molecule has 2 amide bonds. The molecule has 0 aliphatic rings. The Balaban J connectivity index is 2.52. The summed E-state index contributed by atoms with van der Waals surface area (Å²) < 4.78 is 0. The summed E-state index contributed by atoms with van der Waals surface area (Å²) in [6.07, 6.45) is 2.95. The molecule has 4 heteroatoms. The Morgan fingerprint density at radius 1 is 1.47 bits per heavy atom. The molecule has 0 saturated heterocycles. The van der Waals surface area contributed by atoms with Crippen molar-refractivity contribution in [2.45, 2.75) is 18.2 Å². The van der Waals surface area contributed by atoms with E-state index in [1.807, 2.05) is 37.4 Å². The number of hydrogen-bond acceptors (Lipinski definition) is 2. The molecular weight excluding hydrogens is 208 g/mol. The average molecular weight is 224 g/mol. The highest BCUT2D eigenvalue weighted by Crippen LogP contribution is 2.18. The van der Waals surface area contributed by atoms with E-state index < -0.39 is 0 Å². The zero-order valence-electron chi connectivity index (χ0n) is 9.04. The molecule has 0 heterocycles. The quantitative estimate of drug-likeness (QED) is 0.772. The minimum absolute atomic E-state index is 0.143. The van der Waals surface area contributed by atoms with Crippen molar-refractivity contribution in [2.24, 2.45) is 0 Å². The largest absolute Gasteiger partial charge is 0.338 e. The van der Waals surface area contributed by atoms with E-state index in [0.717, 1.165) is 17.0 Å². The second kappa shape index (κ2) is 6.35. The first-order valence-electron chi connectivity index (χ1n) is 4.95. The summed E-state index contributed by atoms with van der Waals surface area (Å²) in [5, 5.41) is 5.55. The van der Waals surface area contributed by atoms with Gasteiger partial charge in [-0.25, -0.2) is 4.79 Å². The van der Waals surface area contributed by atoms with E-state index in [4.69, 9.17) is 0 Å². The van der Waals surface area contributed by atoms with Gasteiger partial charge in [-0.05, 0) is 30.9 Å². The Morgan fingerprint density at radius 3 is 2.93 bits per heavy atom. The molecule has 0 fully saturated rings. The van der Waals surface area contributed by atoms with Gasteiger partial charge in [0.05, 0.1) is 0 Å². The molecule has 0 aromatic heterocycles. The van der Waals surface area contributed by atoms with E-state index in [1.165, 1.54) is 0 Å². The number of thioether (sulfide) groups is 1. The van der Waals surface area contributed by atoms with Gasteiger partial charge in [0.15, 0.2) is 0 Å². The monoisotopic (exact) mass is 224 g/mol. The van der Waals surface area contributed by atoms with Crippen molar-refractivity contribution >= 4 is 23.5 Å². The van der Waals surface area contributed by atoms with E-state index in [0.29, 0.717) is 6.54 Å². The number of hydrogen-bond donors (Lipinski definition) is 2. The van der Waals surface area contributed by atoms with E-state index in [-0.39, 0.29) is 6.03 Å². The number of carbonyl (C=O) groups excluding carboxylic acids is 1. The molecule has 0 aliphatic carbocycles. The molecule has 0 atom stereocenters. The number of benzene rings is 1. The molecule has 1 aromatic carbocycles. The topological polar surface area (TPSA) is 41.1 Å². The van der Waals surface area contributed by atoms with Crippen LogP contribution in [0.4, 0.5) is 10.5 Å². The fourth-order valence-corrected chi connectivity index (χ4v) is 1.57. The third-order valence-corrected chi connectivity index (χ3v) is 2.59. The normalized spacial score (nSPS) is 9.73. The Labute approximate surface area is 94.6 Å². The lowest BCUT2D eigenvalue weighted by Crippen LogP contribution is -2.29. The van der Waals surface area contributed by atoms with Gasteiger partial charge in [-0.3, -0.25) is 0 Å². The van der Waals surface area contributed by atoms with Crippen LogP contribution in [0.3, 0.4) is 0 Å². The summed E-state index contributed by atoms with van der Waals surface area (Å²) in [6, 6.07) is 7.64. The second-order valence-electron chi connectivity index (χ2n) is 3.11. The van der Waals surface area contributed by atoms with Crippen molar-refractivity contribution in [1.29, 1.82) is 0 Å². The molecule has 0 aliphatic heterocycles. The Bertz CT molecular complexity index is 328. The highest BCUT2D eigenvalue weighted by Gasteiger charge is 2.00. The van der Waals surface area contributed by atoms with E-state index in [9.17, 15) is 4.79 Å². The van der Waals surface area contributed by atoms with Crippen molar-refractivity contribution in [3.63, 3.8) is 0 Å². The van der Waals surface area contributed by atoms with E-state index in [1.54, 1.807) is 11.8 Å². The Kier molecular flexibility index (Phi) is 5.04. The van der Waals surface area contributed by atoms with Gasteiger partial charge in [-0.1, -0.05) is 13.0 Å². The van der Waals surface area contributed by atoms with Crippen LogP contribution in [0, 0.1) is 0 Å². The SMILES string of the molecule is CCCNC(=O)Nc1cccc(SC)c1. The molecule has 0 saturated carbocycles. The molecule has 1 rings (SSSR count). The lowest BCUT2D eigenvalue weighted by atomic mass is 10.3. The van der Waals surface area contributed by atoms with Crippen LogP contribution < -0.4 is 10.6 Å². The van der Waals surface area contributed by atoms with Crippen LogP contribution in [0.2, 0.25) is 0 Å². The van der Waals surface area contributed by atoms with Gasteiger partial charge in [-0.15, -0.1) is 11.8 Å². The first-order chi connectivity index (χ1) is 7.26. The minimum Gasteiger partial charge on any atom is -0.338 e. The summed E-state index contributed by atoms with van der Waals surface area (Å²) in [5.41, 5.74) is 0.829. The molecule has 15 heavy (non-hydrogen) atoms. The third-order valence-electron chi connectivity index (χ3n) is 1.86. The van der Waals surface area contributed by atoms with Gasteiger partial charge >= 0.3 is 6.03 Å². The first-order valence-corrected chi connectivity index (χ1v) is 6.17. The number of rotatable bonds is 4. The van der Waals surface area contributed by atoms with Gasteiger partial charge in [0.2, 0.25) is 0 Å². The van der Waals surface area contributed by atoms with Crippen LogP contribution in [0.5, 0.6) is 0 Å². The number of amides is 2. The van der Waals surface area contributed by atoms with Gasteiger partial charge in [0, 0.05) is 17.1 Å². The van der Waals surface area contributed by atoms with Crippen LogP contribution in [-0.4, -0.2) is 18.8 Å². The predicted octanol–water partition coefficient (Wildman–Crippen LogP) is 2.94. The van der Waals surface area contributed by atoms with Crippen molar-refractivity contribution in [1.82, 2.24) is 5.32 Å². The maximum absolute atomic E-state index is 11.3. The summed E-state index contributed by atoms with van der Waals surface area (Å²) in [6.45, 7) is 2.72.